The Hall–Kier alpha value is -2.21. The number of halogens is 2. The van der Waals surface area contributed by atoms with E-state index in [-0.39, 0.29) is 16.8 Å². The van der Waals surface area contributed by atoms with E-state index >= 15 is 0 Å². The summed E-state index contributed by atoms with van der Waals surface area (Å²) in [5, 5.41) is 0.120. The van der Waals surface area contributed by atoms with Gasteiger partial charge in [0.2, 0.25) is 0 Å². The molecule has 0 spiro atoms. The Bertz CT molecular complexity index is 726. The van der Waals surface area contributed by atoms with Crippen molar-refractivity contribution in [1.29, 1.82) is 0 Å². The van der Waals surface area contributed by atoms with Crippen LogP contribution in [-0.4, -0.2) is 29.6 Å². The van der Waals surface area contributed by atoms with E-state index in [4.69, 9.17) is 11.6 Å². The van der Waals surface area contributed by atoms with Gasteiger partial charge < -0.3 is 9.64 Å². The van der Waals surface area contributed by atoms with E-state index in [1.54, 1.807) is 6.07 Å². The van der Waals surface area contributed by atoms with Crippen LogP contribution in [0.1, 0.15) is 62.6 Å². The van der Waals surface area contributed by atoms with Crippen LogP contribution in [0.4, 0.5) is 10.2 Å². The van der Waals surface area contributed by atoms with E-state index in [1.165, 1.54) is 25.6 Å². The van der Waals surface area contributed by atoms with E-state index in [1.807, 2.05) is 38.7 Å². The lowest BCUT2D eigenvalue weighted by Crippen LogP contribution is -2.30. The van der Waals surface area contributed by atoms with Gasteiger partial charge in [0, 0.05) is 6.54 Å². The van der Waals surface area contributed by atoms with Gasteiger partial charge in [-0.2, -0.15) is 0 Å². The number of methoxy groups -OCH3 is 1. The lowest BCUT2D eigenvalue weighted by atomic mass is 10.0. The van der Waals surface area contributed by atoms with Crippen LogP contribution in [0, 0.1) is 5.82 Å². The zero-order chi connectivity index (χ0) is 20.4. The van der Waals surface area contributed by atoms with Crippen molar-refractivity contribution in [2.45, 2.75) is 46.6 Å². The zero-order valence-electron chi connectivity index (χ0n) is 16.5. The standard InChI is InChI=1S/C18H21ClFN3O2.C2H6/c1-4-9-23(16-11-21-14(10-22-16)18(24)25-3)15(5-2)12-7-6-8-13(20)17(12)19;1-2/h6-8,10-11,15H,4-5,9H2,1-3H3;1-2H3. The monoisotopic (exact) mass is 395 g/mol. The third kappa shape index (κ3) is 5.63. The SMILES string of the molecule is CC.CCCN(c1cnc(C(=O)OC)cn1)C(CC)c1cccc(F)c1Cl. The lowest BCUT2D eigenvalue weighted by Gasteiger charge is -2.32. The number of carbonyl (C=O) groups excluding carboxylic acids is 1. The largest absolute Gasteiger partial charge is 0.464 e. The number of anilines is 1. The van der Waals surface area contributed by atoms with Gasteiger partial charge in [0.15, 0.2) is 5.69 Å². The Morgan fingerprint density at radius 1 is 1.26 bits per heavy atom. The molecule has 0 saturated heterocycles. The van der Waals surface area contributed by atoms with E-state index < -0.39 is 11.8 Å². The van der Waals surface area contributed by atoms with Crippen LogP contribution >= 0.6 is 11.6 Å². The van der Waals surface area contributed by atoms with Crippen LogP contribution < -0.4 is 4.90 Å². The number of hydrogen-bond donors (Lipinski definition) is 0. The van der Waals surface area contributed by atoms with Gasteiger partial charge in [-0.25, -0.2) is 19.2 Å². The first kappa shape index (κ1) is 22.8. The molecule has 2 rings (SSSR count). The van der Waals surface area contributed by atoms with E-state index in [0.717, 1.165) is 6.42 Å². The molecule has 0 fully saturated rings. The fourth-order valence-electron chi connectivity index (χ4n) is 2.74. The van der Waals surface area contributed by atoms with Gasteiger partial charge in [-0.05, 0) is 24.5 Å². The molecule has 1 aromatic carbocycles. The second kappa shape index (κ2) is 11.5. The predicted octanol–water partition coefficient (Wildman–Crippen LogP) is 5.45. The summed E-state index contributed by atoms with van der Waals surface area (Å²) in [6.07, 6.45) is 4.48. The maximum Gasteiger partial charge on any atom is 0.358 e. The number of nitrogens with zero attached hydrogens (tertiary/aromatic N) is 3. The quantitative estimate of drug-likeness (QED) is 0.583. The van der Waals surface area contributed by atoms with Gasteiger partial charge in [-0.3, -0.25) is 0 Å². The van der Waals surface area contributed by atoms with Gasteiger partial charge in [0.25, 0.3) is 0 Å². The number of esters is 1. The van der Waals surface area contributed by atoms with E-state index in [0.29, 0.717) is 24.3 Å². The molecule has 0 aliphatic rings. The van der Waals surface area contributed by atoms with Crippen molar-refractivity contribution in [1.82, 2.24) is 9.97 Å². The van der Waals surface area contributed by atoms with Crippen molar-refractivity contribution in [3.05, 3.63) is 52.7 Å². The van der Waals surface area contributed by atoms with Crippen LogP contribution in [0.5, 0.6) is 0 Å². The molecule has 1 atom stereocenters. The number of benzene rings is 1. The van der Waals surface area contributed by atoms with Crippen LogP contribution in [-0.2, 0) is 4.74 Å². The molecular formula is C20H27ClFN3O2. The predicted molar refractivity (Wildman–Crippen MR) is 107 cm³/mol. The summed E-state index contributed by atoms with van der Waals surface area (Å²) in [7, 11) is 1.29. The highest BCUT2D eigenvalue weighted by atomic mass is 35.5. The lowest BCUT2D eigenvalue weighted by molar-refractivity contribution is 0.0593. The Morgan fingerprint density at radius 2 is 1.96 bits per heavy atom. The fourth-order valence-corrected chi connectivity index (χ4v) is 2.99. The molecule has 0 amide bonds. The van der Waals surface area contributed by atoms with Gasteiger partial charge in [-0.15, -0.1) is 0 Å². The third-order valence-electron chi connectivity index (χ3n) is 3.89. The molecule has 1 unspecified atom stereocenters. The number of aromatic nitrogens is 2. The van der Waals surface area contributed by atoms with Gasteiger partial charge in [0.1, 0.15) is 11.6 Å². The molecule has 148 valence electrons. The highest BCUT2D eigenvalue weighted by Crippen LogP contribution is 2.34. The molecule has 0 aliphatic heterocycles. The van der Waals surface area contributed by atoms with Crippen molar-refractivity contribution in [3.63, 3.8) is 0 Å². The summed E-state index contributed by atoms with van der Waals surface area (Å²) in [4.78, 5) is 22.0. The van der Waals surface area contributed by atoms with Crippen LogP contribution in [0.2, 0.25) is 5.02 Å². The van der Waals surface area contributed by atoms with Gasteiger partial charge in [0.05, 0.1) is 30.6 Å². The number of carbonyl (C=O) groups is 1. The van der Waals surface area contributed by atoms with Crippen LogP contribution in [0.15, 0.2) is 30.6 Å². The number of hydrogen-bond acceptors (Lipinski definition) is 5. The van der Waals surface area contributed by atoms with Crippen molar-refractivity contribution in [3.8, 4) is 0 Å². The van der Waals surface area contributed by atoms with Gasteiger partial charge >= 0.3 is 5.97 Å². The Balaban J connectivity index is 0.00000176. The normalized spacial score (nSPS) is 11.2. The van der Waals surface area contributed by atoms with Crippen molar-refractivity contribution in [2.24, 2.45) is 0 Å². The topological polar surface area (TPSA) is 55.3 Å². The minimum atomic E-state index is -0.540. The second-order valence-corrected chi connectivity index (χ2v) is 5.89. The molecule has 0 saturated carbocycles. The summed E-state index contributed by atoms with van der Waals surface area (Å²) >= 11 is 6.19. The highest BCUT2D eigenvalue weighted by molar-refractivity contribution is 6.31. The first-order chi connectivity index (χ1) is 13.0. The Morgan fingerprint density at radius 3 is 2.48 bits per heavy atom. The average Bonchev–Trinajstić information content (AvgIpc) is 2.72. The molecule has 5 nitrogen and oxygen atoms in total. The van der Waals surface area contributed by atoms with Crippen molar-refractivity contribution >= 4 is 23.4 Å². The summed E-state index contributed by atoms with van der Waals surface area (Å²) in [5.74, 6) is -0.385. The van der Waals surface area contributed by atoms with Crippen molar-refractivity contribution < 1.29 is 13.9 Å². The van der Waals surface area contributed by atoms with Crippen LogP contribution in [0.25, 0.3) is 0 Å². The highest BCUT2D eigenvalue weighted by Gasteiger charge is 2.23. The van der Waals surface area contributed by atoms with Crippen LogP contribution in [0.3, 0.4) is 0 Å². The molecule has 2 aromatic rings. The minimum absolute atomic E-state index is 0.120. The average molecular weight is 396 g/mol. The van der Waals surface area contributed by atoms with Gasteiger partial charge in [-0.1, -0.05) is 51.4 Å². The molecule has 0 aliphatic carbocycles. The molecule has 0 bridgehead atoms. The summed E-state index contributed by atoms with van der Waals surface area (Å²) < 4.78 is 18.5. The first-order valence-corrected chi connectivity index (χ1v) is 9.52. The molecule has 0 N–H and O–H groups in total. The summed E-state index contributed by atoms with van der Waals surface area (Å²) in [5.41, 5.74) is 0.844. The zero-order valence-corrected chi connectivity index (χ0v) is 17.3. The molecule has 1 aromatic heterocycles. The molecule has 27 heavy (non-hydrogen) atoms. The van der Waals surface area contributed by atoms with Crippen molar-refractivity contribution in [2.75, 3.05) is 18.6 Å². The summed E-state index contributed by atoms with van der Waals surface area (Å²) in [6.45, 7) is 8.74. The van der Waals surface area contributed by atoms with E-state index in [2.05, 4.69) is 14.7 Å². The smallest absolute Gasteiger partial charge is 0.358 e. The molecular weight excluding hydrogens is 369 g/mol. The third-order valence-corrected chi connectivity index (χ3v) is 4.29. The fraction of sp³-hybridized carbons (Fsp3) is 0.450. The minimum Gasteiger partial charge on any atom is -0.464 e. The molecule has 0 radical (unpaired) electrons. The maximum absolute atomic E-state index is 13.9. The maximum atomic E-state index is 13.9. The molecule has 1 heterocycles. The van der Waals surface area contributed by atoms with E-state index in [9.17, 15) is 9.18 Å². The molecule has 7 heteroatoms. The first-order valence-electron chi connectivity index (χ1n) is 9.14. The number of rotatable bonds is 7. The second-order valence-electron chi connectivity index (χ2n) is 5.51. The summed E-state index contributed by atoms with van der Waals surface area (Å²) in [6, 6.07) is 4.66. The Kier molecular flexibility index (Phi) is 9.72. The Labute approximate surface area is 165 Å². The number of ether oxygens (including phenoxy) is 1.